The lowest BCUT2D eigenvalue weighted by atomic mass is 9.87. The molecule has 3 nitrogen and oxygen atoms in total. The van der Waals surface area contributed by atoms with Crippen LogP contribution in [0.5, 0.6) is 5.75 Å². The van der Waals surface area contributed by atoms with Crippen LogP contribution in [0.4, 0.5) is 0 Å². The number of rotatable bonds is 5. The Hall–Kier alpha value is -1.51. The normalized spacial score (nSPS) is 12.1. The van der Waals surface area contributed by atoms with E-state index in [2.05, 4.69) is 38.2 Å². The fourth-order valence-electron chi connectivity index (χ4n) is 1.95. The SMILES string of the molecule is CC(C)(C)NC(=O)CCCOc1ccc(C(C)(C)C)cc1. The summed E-state index contributed by atoms with van der Waals surface area (Å²) in [6, 6.07) is 8.19. The lowest BCUT2D eigenvalue weighted by Gasteiger charge is -2.20. The lowest BCUT2D eigenvalue weighted by Crippen LogP contribution is -2.40. The second kappa shape index (κ2) is 6.97. The highest BCUT2D eigenvalue weighted by Gasteiger charge is 2.14. The van der Waals surface area contributed by atoms with Crippen LogP contribution in [0.25, 0.3) is 0 Å². The Kier molecular flexibility index (Phi) is 5.82. The molecule has 0 radical (unpaired) electrons. The van der Waals surface area contributed by atoms with Crippen molar-refractivity contribution in [2.45, 2.75) is 65.3 Å². The Labute approximate surface area is 129 Å². The molecule has 1 aromatic rings. The Morgan fingerprint density at radius 3 is 2.10 bits per heavy atom. The Morgan fingerprint density at radius 1 is 1.05 bits per heavy atom. The number of benzene rings is 1. The molecule has 1 rings (SSSR count). The van der Waals surface area contributed by atoms with Crippen molar-refractivity contribution in [3.8, 4) is 5.75 Å². The van der Waals surface area contributed by atoms with Crippen molar-refractivity contribution in [2.75, 3.05) is 6.61 Å². The number of carbonyl (C=O) groups excluding carboxylic acids is 1. The van der Waals surface area contributed by atoms with Crippen LogP contribution < -0.4 is 10.1 Å². The van der Waals surface area contributed by atoms with Gasteiger partial charge in [-0.25, -0.2) is 0 Å². The first-order valence-corrected chi connectivity index (χ1v) is 7.62. The molecule has 0 heterocycles. The van der Waals surface area contributed by atoms with Gasteiger partial charge in [-0.05, 0) is 50.3 Å². The van der Waals surface area contributed by atoms with Crippen LogP contribution in [-0.2, 0) is 10.2 Å². The van der Waals surface area contributed by atoms with E-state index >= 15 is 0 Å². The highest BCUT2D eigenvalue weighted by molar-refractivity contribution is 5.76. The highest BCUT2D eigenvalue weighted by Crippen LogP contribution is 2.24. The van der Waals surface area contributed by atoms with E-state index in [1.54, 1.807) is 0 Å². The molecule has 1 aromatic carbocycles. The molecule has 0 saturated heterocycles. The summed E-state index contributed by atoms with van der Waals surface area (Å²) in [6.45, 7) is 13.1. The molecule has 0 fully saturated rings. The maximum Gasteiger partial charge on any atom is 0.220 e. The van der Waals surface area contributed by atoms with Gasteiger partial charge in [0.1, 0.15) is 5.75 Å². The van der Waals surface area contributed by atoms with Crippen molar-refractivity contribution in [2.24, 2.45) is 0 Å². The Morgan fingerprint density at radius 2 is 1.62 bits per heavy atom. The predicted molar refractivity (Wildman–Crippen MR) is 87.8 cm³/mol. The fourth-order valence-corrected chi connectivity index (χ4v) is 1.95. The molecule has 0 atom stereocenters. The summed E-state index contributed by atoms with van der Waals surface area (Å²) in [5.74, 6) is 0.938. The maximum absolute atomic E-state index is 11.7. The van der Waals surface area contributed by atoms with E-state index in [0.717, 1.165) is 12.2 Å². The van der Waals surface area contributed by atoms with E-state index in [4.69, 9.17) is 4.74 Å². The molecule has 3 heteroatoms. The van der Waals surface area contributed by atoms with Crippen molar-refractivity contribution in [1.82, 2.24) is 5.32 Å². The second-order valence-electron chi connectivity index (χ2n) is 7.52. The number of hydrogen-bond acceptors (Lipinski definition) is 2. The minimum Gasteiger partial charge on any atom is -0.494 e. The second-order valence-corrected chi connectivity index (χ2v) is 7.52. The Bertz CT molecular complexity index is 450. The summed E-state index contributed by atoms with van der Waals surface area (Å²) in [6.07, 6.45) is 1.22. The van der Waals surface area contributed by atoms with Gasteiger partial charge >= 0.3 is 0 Å². The molecule has 0 spiro atoms. The van der Waals surface area contributed by atoms with Gasteiger partial charge in [-0.15, -0.1) is 0 Å². The maximum atomic E-state index is 11.7. The predicted octanol–water partition coefficient (Wildman–Crippen LogP) is 4.06. The number of ether oxygens (including phenoxy) is 1. The van der Waals surface area contributed by atoms with Crippen molar-refractivity contribution in [3.05, 3.63) is 29.8 Å². The number of amides is 1. The average molecular weight is 291 g/mol. The Balaban J connectivity index is 2.32. The lowest BCUT2D eigenvalue weighted by molar-refractivity contribution is -0.122. The van der Waals surface area contributed by atoms with E-state index < -0.39 is 0 Å². The van der Waals surface area contributed by atoms with Gasteiger partial charge in [0.05, 0.1) is 6.61 Å². The first-order valence-electron chi connectivity index (χ1n) is 7.62. The van der Waals surface area contributed by atoms with Crippen LogP contribution in [0.1, 0.15) is 59.9 Å². The van der Waals surface area contributed by atoms with Gasteiger partial charge in [0.2, 0.25) is 5.91 Å². The van der Waals surface area contributed by atoms with Crippen LogP contribution in [0.15, 0.2) is 24.3 Å². The van der Waals surface area contributed by atoms with Crippen LogP contribution >= 0.6 is 0 Å². The summed E-state index contributed by atoms with van der Waals surface area (Å²) in [5, 5.41) is 2.95. The standard InChI is InChI=1S/C18H29NO2/c1-17(2,3)14-9-11-15(12-10-14)21-13-7-8-16(20)19-18(4,5)6/h9-12H,7-8,13H2,1-6H3,(H,19,20). The molecule has 0 bridgehead atoms. The van der Waals surface area contributed by atoms with Gasteiger partial charge < -0.3 is 10.1 Å². The first kappa shape index (κ1) is 17.5. The van der Waals surface area contributed by atoms with E-state index in [9.17, 15) is 4.79 Å². The summed E-state index contributed by atoms with van der Waals surface area (Å²) in [4.78, 5) is 11.7. The first-order chi connectivity index (χ1) is 9.58. The largest absolute Gasteiger partial charge is 0.494 e. The van der Waals surface area contributed by atoms with Gasteiger partial charge in [0.25, 0.3) is 0 Å². The third kappa shape index (κ3) is 7.16. The molecule has 0 aliphatic heterocycles. The van der Waals surface area contributed by atoms with E-state index in [0.29, 0.717) is 13.0 Å². The summed E-state index contributed by atoms with van der Waals surface area (Å²) >= 11 is 0. The molecule has 0 saturated carbocycles. The molecule has 0 unspecified atom stereocenters. The number of hydrogen-bond donors (Lipinski definition) is 1. The summed E-state index contributed by atoms with van der Waals surface area (Å²) in [5.41, 5.74) is 1.28. The van der Waals surface area contributed by atoms with Gasteiger partial charge in [-0.2, -0.15) is 0 Å². The van der Waals surface area contributed by atoms with E-state index in [1.807, 2.05) is 32.9 Å². The topological polar surface area (TPSA) is 38.3 Å². The number of nitrogens with one attached hydrogen (secondary N) is 1. The van der Waals surface area contributed by atoms with Crippen molar-refractivity contribution in [1.29, 1.82) is 0 Å². The van der Waals surface area contributed by atoms with Crippen LogP contribution in [0.3, 0.4) is 0 Å². The summed E-state index contributed by atoms with van der Waals surface area (Å²) < 4.78 is 5.67. The van der Waals surface area contributed by atoms with Crippen LogP contribution in [-0.4, -0.2) is 18.1 Å². The zero-order chi connectivity index (χ0) is 16.1. The zero-order valence-corrected chi connectivity index (χ0v) is 14.2. The minimum absolute atomic E-state index is 0.0779. The minimum atomic E-state index is -0.166. The van der Waals surface area contributed by atoms with Gasteiger partial charge in [0.15, 0.2) is 0 Å². The van der Waals surface area contributed by atoms with Crippen LogP contribution in [0, 0.1) is 0 Å². The van der Waals surface area contributed by atoms with Crippen molar-refractivity contribution in [3.63, 3.8) is 0 Å². The molecular formula is C18H29NO2. The molecule has 21 heavy (non-hydrogen) atoms. The van der Waals surface area contributed by atoms with Crippen molar-refractivity contribution >= 4 is 5.91 Å². The van der Waals surface area contributed by atoms with Gasteiger partial charge in [-0.1, -0.05) is 32.9 Å². The quantitative estimate of drug-likeness (QED) is 0.831. The average Bonchev–Trinajstić information content (AvgIpc) is 2.32. The van der Waals surface area contributed by atoms with Crippen LogP contribution in [0.2, 0.25) is 0 Å². The molecule has 0 aromatic heterocycles. The zero-order valence-electron chi connectivity index (χ0n) is 14.2. The van der Waals surface area contributed by atoms with E-state index in [1.165, 1.54) is 5.56 Å². The molecule has 0 aliphatic rings. The highest BCUT2D eigenvalue weighted by atomic mass is 16.5. The molecule has 0 aliphatic carbocycles. The van der Waals surface area contributed by atoms with Gasteiger partial charge in [-0.3, -0.25) is 4.79 Å². The third-order valence-corrected chi connectivity index (χ3v) is 3.05. The monoisotopic (exact) mass is 291 g/mol. The fraction of sp³-hybridized carbons (Fsp3) is 0.611. The molecule has 1 amide bonds. The van der Waals surface area contributed by atoms with Crippen molar-refractivity contribution < 1.29 is 9.53 Å². The smallest absolute Gasteiger partial charge is 0.220 e. The van der Waals surface area contributed by atoms with E-state index in [-0.39, 0.29) is 16.9 Å². The molecule has 1 N–H and O–H groups in total. The molecule has 118 valence electrons. The number of carbonyl (C=O) groups is 1. The summed E-state index contributed by atoms with van der Waals surface area (Å²) in [7, 11) is 0. The van der Waals surface area contributed by atoms with Gasteiger partial charge in [0, 0.05) is 12.0 Å². The third-order valence-electron chi connectivity index (χ3n) is 3.05. The molecular weight excluding hydrogens is 262 g/mol.